The van der Waals surface area contributed by atoms with E-state index in [1.165, 1.54) is 12.1 Å². The summed E-state index contributed by atoms with van der Waals surface area (Å²) in [5, 5.41) is 26.4. The minimum absolute atomic E-state index is 0.0175. The van der Waals surface area contributed by atoms with Gasteiger partial charge in [0.15, 0.2) is 11.5 Å². The van der Waals surface area contributed by atoms with Gasteiger partial charge in [-0.2, -0.15) is 15.4 Å². The lowest BCUT2D eigenvalue weighted by molar-refractivity contribution is -0.384. The third kappa shape index (κ3) is 2.13. The molecule has 0 aliphatic rings. The minimum Gasteiger partial charge on any atom is -0.353 e. The topological polar surface area (TPSA) is 111 Å². The van der Waals surface area contributed by atoms with Crippen LogP contribution < -0.4 is 0 Å². The number of rotatable bonds is 3. The molecule has 2 aromatic carbocycles. The van der Waals surface area contributed by atoms with Crippen molar-refractivity contribution in [3.8, 4) is 22.7 Å². The normalized spacial score (nSPS) is 11.0. The summed E-state index contributed by atoms with van der Waals surface area (Å²) in [6, 6.07) is 13.6. The summed E-state index contributed by atoms with van der Waals surface area (Å²) in [4.78, 5) is 10.3. The van der Waals surface area contributed by atoms with Gasteiger partial charge in [-0.15, -0.1) is 0 Å². The number of nitro groups is 1. The molecule has 0 fully saturated rings. The Kier molecular flexibility index (Phi) is 2.87. The van der Waals surface area contributed by atoms with Gasteiger partial charge in [0.25, 0.3) is 5.69 Å². The number of hydrogen-bond acceptors (Lipinski definition) is 6. The molecule has 8 nitrogen and oxygen atoms in total. The number of H-pyrrole nitrogens is 1. The summed E-state index contributed by atoms with van der Waals surface area (Å²) in [6.45, 7) is 0. The van der Waals surface area contributed by atoms with Crippen LogP contribution in [-0.4, -0.2) is 25.5 Å². The Bertz CT molecular complexity index is 1000. The van der Waals surface area contributed by atoms with E-state index in [4.69, 9.17) is 4.52 Å². The monoisotopic (exact) mass is 307 g/mol. The van der Waals surface area contributed by atoms with Gasteiger partial charge < -0.3 is 4.52 Å². The van der Waals surface area contributed by atoms with E-state index in [-0.39, 0.29) is 5.69 Å². The van der Waals surface area contributed by atoms with Gasteiger partial charge in [0.05, 0.1) is 10.3 Å². The lowest BCUT2D eigenvalue weighted by atomic mass is 10.1. The zero-order chi connectivity index (χ0) is 15.8. The fourth-order valence-corrected chi connectivity index (χ4v) is 2.39. The van der Waals surface area contributed by atoms with Crippen molar-refractivity contribution in [2.24, 2.45) is 0 Å². The highest BCUT2D eigenvalue weighted by Gasteiger charge is 2.19. The van der Waals surface area contributed by atoms with Crippen molar-refractivity contribution < 1.29 is 9.45 Å². The summed E-state index contributed by atoms with van der Waals surface area (Å²) in [7, 11) is 0. The number of benzene rings is 2. The second-order valence-corrected chi connectivity index (χ2v) is 4.85. The summed E-state index contributed by atoms with van der Waals surface area (Å²) in [5.74, 6) is 0.503. The number of nitro benzene ring substituents is 1. The third-order valence-corrected chi connectivity index (χ3v) is 3.50. The summed E-state index contributed by atoms with van der Waals surface area (Å²) >= 11 is 0. The van der Waals surface area contributed by atoms with Gasteiger partial charge in [-0.05, 0) is 24.3 Å². The second-order valence-electron chi connectivity index (χ2n) is 4.85. The Morgan fingerprint density at radius 3 is 2.52 bits per heavy atom. The van der Waals surface area contributed by atoms with Crippen molar-refractivity contribution in [2.45, 2.75) is 0 Å². The quantitative estimate of drug-likeness (QED) is 0.459. The first-order valence-electron chi connectivity index (χ1n) is 6.74. The van der Waals surface area contributed by atoms with Gasteiger partial charge in [0.2, 0.25) is 0 Å². The van der Waals surface area contributed by atoms with Crippen molar-refractivity contribution >= 4 is 16.6 Å². The third-order valence-electron chi connectivity index (χ3n) is 3.50. The maximum atomic E-state index is 10.7. The lowest BCUT2D eigenvalue weighted by Crippen LogP contribution is -1.88. The highest BCUT2D eigenvalue weighted by atomic mass is 16.6. The minimum atomic E-state index is -0.447. The van der Waals surface area contributed by atoms with Crippen LogP contribution in [0.5, 0.6) is 0 Å². The van der Waals surface area contributed by atoms with E-state index >= 15 is 0 Å². The van der Waals surface area contributed by atoms with Crippen LogP contribution in [0.1, 0.15) is 0 Å². The number of hydrogen-bond donors (Lipinski definition) is 1. The molecular formula is C15H9N5O3. The van der Waals surface area contributed by atoms with Gasteiger partial charge in [-0.25, -0.2) is 0 Å². The number of aromatic amines is 1. The molecule has 0 spiro atoms. The van der Waals surface area contributed by atoms with Gasteiger partial charge in [0, 0.05) is 17.7 Å². The van der Waals surface area contributed by atoms with Crippen LogP contribution in [0.2, 0.25) is 0 Å². The molecule has 0 aliphatic heterocycles. The molecule has 0 atom stereocenters. The van der Waals surface area contributed by atoms with E-state index in [9.17, 15) is 10.1 Å². The van der Waals surface area contributed by atoms with Crippen molar-refractivity contribution in [1.29, 1.82) is 0 Å². The zero-order valence-corrected chi connectivity index (χ0v) is 11.6. The molecule has 8 heteroatoms. The molecule has 4 rings (SSSR count). The van der Waals surface area contributed by atoms with Crippen molar-refractivity contribution in [3.63, 3.8) is 0 Å². The Morgan fingerprint density at radius 2 is 1.74 bits per heavy atom. The van der Waals surface area contributed by atoms with Crippen LogP contribution in [0.3, 0.4) is 0 Å². The van der Waals surface area contributed by atoms with Gasteiger partial charge >= 0.3 is 0 Å². The van der Waals surface area contributed by atoms with Gasteiger partial charge in [-0.3, -0.25) is 10.1 Å². The molecule has 2 heterocycles. The molecule has 0 saturated heterocycles. The Labute approximate surface area is 128 Å². The Hall–Kier alpha value is -3.55. The molecule has 0 bridgehead atoms. The molecule has 23 heavy (non-hydrogen) atoms. The summed E-state index contributed by atoms with van der Waals surface area (Å²) < 4.78 is 5.40. The Morgan fingerprint density at radius 1 is 1.00 bits per heavy atom. The first-order chi connectivity index (χ1) is 11.2. The van der Waals surface area contributed by atoms with Gasteiger partial charge in [0.1, 0.15) is 11.2 Å². The highest BCUT2D eigenvalue weighted by Crippen LogP contribution is 2.33. The van der Waals surface area contributed by atoms with Crippen molar-refractivity contribution in [1.82, 2.24) is 20.6 Å². The molecule has 2 aromatic heterocycles. The van der Waals surface area contributed by atoms with E-state index in [0.717, 1.165) is 10.9 Å². The Balaban J connectivity index is 1.84. The zero-order valence-electron chi connectivity index (χ0n) is 11.6. The van der Waals surface area contributed by atoms with E-state index in [2.05, 4.69) is 20.6 Å². The first-order valence-corrected chi connectivity index (χ1v) is 6.74. The van der Waals surface area contributed by atoms with Crippen LogP contribution in [0.15, 0.2) is 53.1 Å². The van der Waals surface area contributed by atoms with E-state index in [0.29, 0.717) is 22.7 Å². The summed E-state index contributed by atoms with van der Waals surface area (Å²) in [5.41, 5.74) is 2.48. The molecule has 0 radical (unpaired) electrons. The summed E-state index contributed by atoms with van der Waals surface area (Å²) in [6.07, 6.45) is 0. The molecule has 1 N–H and O–H groups in total. The predicted molar refractivity (Wildman–Crippen MR) is 81.5 cm³/mol. The van der Waals surface area contributed by atoms with E-state index in [1.807, 2.05) is 24.3 Å². The van der Waals surface area contributed by atoms with Crippen LogP contribution in [0.25, 0.3) is 33.6 Å². The molecule has 0 unspecified atom stereocenters. The predicted octanol–water partition coefficient (Wildman–Crippen LogP) is 3.19. The van der Waals surface area contributed by atoms with Crippen LogP contribution >= 0.6 is 0 Å². The van der Waals surface area contributed by atoms with Crippen LogP contribution in [0.4, 0.5) is 5.69 Å². The fourth-order valence-electron chi connectivity index (χ4n) is 2.39. The average molecular weight is 307 g/mol. The number of fused-ring (bicyclic) bond motifs is 1. The molecule has 4 aromatic rings. The molecular weight excluding hydrogens is 298 g/mol. The molecule has 0 saturated carbocycles. The lowest BCUT2D eigenvalue weighted by Gasteiger charge is -1.98. The van der Waals surface area contributed by atoms with Crippen LogP contribution in [0, 0.1) is 10.1 Å². The first kappa shape index (κ1) is 13.1. The van der Waals surface area contributed by atoms with E-state index < -0.39 is 4.92 Å². The average Bonchev–Trinajstić information content (AvgIpc) is 3.21. The van der Waals surface area contributed by atoms with Gasteiger partial charge in [-0.1, -0.05) is 17.3 Å². The smallest absolute Gasteiger partial charge is 0.269 e. The molecule has 0 aliphatic carbocycles. The van der Waals surface area contributed by atoms with Crippen molar-refractivity contribution in [3.05, 3.63) is 58.6 Å². The number of non-ortho nitro benzene ring substituents is 1. The number of nitrogens with zero attached hydrogens (tertiary/aromatic N) is 4. The van der Waals surface area contributed by atoms with E-state index in [1.54, 1.807) is 12.1 Å². The maximum Gasteiger partial charge on any atom is 0.269 e. The molecule has 112 valence electrons. The largest absolute Gasteiger partial charge is 0.353 e. The second kappa shape index (κ2) is 5.02. The standard InChI is InChI=1S/C15H9N5O3/c21-20(22)10-7-5-9(6-8-10)13-14(17-19-16-13)15-11-3-1-2-4-12(11)18-23-15/h1-8H,(H,16,17,19). The van der Waals surface area contributed by atoms with Crippen molar-refractivity contribution in [2.75, 3.05) is 0 Å². The number of aromatic nitrogens is 4. The molecule has 0 amide bonds. The highest BCUT2D eigenvalue weighted by molar-refractivity contribution is 5.93. The van der Waals surface area contributed by atoms with Crippen LogP contribution in [-0.2, 0) is 0 Å². The maximum absolute atomic E-state index is 10.7. The SMILES string of the molecule is O=[N+]([O-])c1ccc(-c2n[nH]nc2-c2onc3ccccc23)cc1. The fraction of sp³-hybridized carbons (Fsp3) is 0. The number of nitrogens with one attached hydrogen (secondary N) is 1.